The van der Waals surface area contributed by atoms with Gasteiger partial charge in [-0.1, -0.05) is 12.6 Å². The molecule has 0 radical (unpaired) electrons. The van der Waals surface area contributed by atoms with Gasteiger partial charge in [-0.2, -0.15) is 13.2 Å². The molecule has 1 N–H and O–H groups in total. The fourth-order valence-electron chi connectivity index (χ4n) is 1.75. The molecule has 0 aromatic heterocycles. The van der Waals surface area contributed by atoms with Crippen LogP contribution < -0.4 is 10.1 Å². The zero-order chi connectivity index (χ0) is 16.7. The van der Waals surface area contributed by atoms with Crippen LogP contribution in [0, 0.1) is 6.92 Å². The predicted octanol–water partition coefficient (Wildman–Crippen LogP) is 2.70. The molecule has 118 valence electrons. The van der Waals surface area contributed by atoms with Crippen molar-refractivity contribution in [2.75, 3.05) is 5.32 Å². The smallest absolute Gasteiger partial charge is 0.435 e. The number of esters is 1. The molecule has 1 heterocycles. The highest BCUT2D eigenvalue weighted by Gasteiger charge is 2.69. The van der Waals surface area contributed by atoms with Crippen LogP contribution >= 0.6 is 0 Å². The quantitative estimate of drug-likeness (QED) is 0.673. The first-order chi connectivity index (χ1) is 10.1. The molecule has 0 saturated heterocycles. The van der Waals surface area contributed by atoms with E-state index in [0.29, 0.717) is 5.56 Å². The number of aryl methyl sites for hydroxylation is 1. The fourth-order valence-corrected chi connectivity index (χ4v) is 1.75. The highest BCUT2D eigenvalue weighted by molar-refractivity contribution is 6.02. The van der Waals surface area contributed by atoms with E-state index < -0.39 is 23.8 Å². The number of hydrogen-bond donors (Lipinski definition) is 1. The number of fused-ring (bicyclic) bond motifs is 1. The second kappa shape index (κ2) is 5.04. The normalized spacial score (nSPS) is 20.5. The topological polar surface area (TPSA) is 64.6 Å². The summed E-state index contributed by atoms with van der Waals surface area (Å²) in [6.45, 7) is 5.98. The van der Waals surface area contributed by atoms with Crippen LogP contribution in [0.4, 0.5) is 18.9 Å². The molecule has 0 bridgehead atoms. The highest BCUT2D eigenvalue weighted by Crippen LogP contribution is 2.43. The summed E-state index contributed by atoms with van der Waals surface area (Å²) in [7, 11) is 0. The third-order valence-electron chi connectivity index (χ3n) is 2.90. The van der Waals surface area contributed by atoms with Crippen LogP contribution in [-0.4, -0.2) is 23.8 Å². The number of carbonyl (C=O) groups is 2. The monoisotopic (exact) mass is 315 g/mol. The van der Waals surface area contributed by atoms with Crippen LogP contribution in [0.2, 0.25) is 0 Å². The SMILES string of the molecule is C=C(C)C(=O)O[C@]1(C(F)(F)F)Oc2cc(C)ccc2NC1=O. The van der Waals surface area contributed by atoms with Crippen molar-refractivity contribution in [3.05, 3.63) is 35.9 Å². The number of carbonyl (C=O) groups excluding carboxylic acids is 2. The summed E-state index contributed by atoms with van der Waals surface area (Å²) >= 11 is 0. The molecule has 0 fully saturated rings. The van der Waals surface area contributed by atoms with Gasteiger partial charge < -0.3 is 14.8 Å². The number of halogens is 3. The van der Waals surface area contributed by atoms with Crippen LogP contribution in [-0.2, 0) is 14.3 Å². The zero-order valence-electron chi connectivity index (χ0n) is 11.7. The van der Waals surface area contributed by atoms with Gasteiger partial charge >= 0.3 is 23.8 Å². The minimum atomic E-state index is -5.27. The molecule has 0 aliphatic carbocycles. The molecular formula is C14H12F3NO4. The van der Waals surface area contributed by atoms with Gasteiger partial charge in [-0.15, -0.1) is 0 Å². The number of rotatable bonds is 2. The van der Waals surface area contributed by atoms with E-state index in [1.165, 1.54) is 12.1 Å². The molecule has 2 rings (SSSR count). The summed E-state index contributed by atoms with van der Waals surface area (Å²) in [6.07, 6.45) is -5.27. The number of amides is 1. The maximum atomic E-state index is 13.4. The van der Waals surface area contributed by atoms with Gasteiger partial charge in [-0.25, -0.2) is 4.79 Å². The number of ether oxygens (including phenoxy) is 2. The standard InChI is InChI=1S/C14H12F3NO4/c1-7(2)11(19)22-13(14(15,16)17)12(20)18-9-5-4-8(3)6-10(9)21-13/h4-6H,1H2,2-3H3,(H,18,20)/t13-/m1/s1. The predicted molar refractivity (Wildman–Crippen MR) is 70.1 cm³/mol. The molecule has 1 atom stereocenters. The van der Waals surface area contributed by atoms with Gasteiger partial charge in [-0.3, -0.25) is 4.79 Å². The van der Waals surface area contributed by atoms with Gasteiger partial charge in [0.1, 0.15) is 5.75 Å². The molecule has 1 aromatic carbocycles. The Morgan fingerprint density at radius 3 is 2.59 bits per heavy atom. The molecule has 0 unspecified atom stereocenters. The summed E-state index contributed by atoms with van der Waals surface area (Å²) in [4.78, 5) is 23.4. The number of benzene rings is 1. The first-order valence-electron chi connectivity index (χ1n) is 6.13. The van der Waals surface area contributed by atoms with Gasteiger partial charge in [0, 0.05) is 5.57 Å². The van der Waals surface area contributed by atoms with E-state index in [1.807, 2.05) is 5.32 Å². The Balaban J connectivity index is 2.52. The number of anilines is 1. The fraction of sp³-hybridized carbons (Fsp3) is 0.286. The lowest BCUT2D eigenvalue weighted by Crippen LogP contribution is -2.63. The van der Waals surface area contributed by atoms with Crippen LogP contribution in [0.1, 0.15) is 12.5 Å². The molecule has 5 nitrogen and oxygen atoms in total. The van der Waals surface area contributed by atoms with Gasteiger partial charge in [0.25, 0.3) is 0 Å². The van der Waals surface area contributed by atoms with Crippen molar-refractivity contribution in [1.82, 2.24) is 0 Å². The van der Waals surface area contributed by atoms with Crippen molar-refractivity contribution in [1.29, 1.82) is 0 Å². The average Bonchev–Trinajstić information content (AvgIpc) is 2.38. The van der Waals surface area contributed by atoms with E-state index in [1.54, 1.807) is 13.0 Å². The molecule has 0 spiro atoms. The van der Waals surface area contributed by atoms with Crippen LogP contribution in [0.15, 0.2) is 30.4 Å². The summed E-state index contributed by atoms with van der Waals surface area (Å²) in [5, 5.41) is 2.04. The molecule has 0 saturated carbocycles. The zero-order valence-corrected chi connectivity index (χ0v) is 11.7. The molecule has 1 aliphatic rings. The van der Waals surface area contributed by atoms with Crippen molar-refractivity contribution in [3.63, 3.8) is 0 Å². The minimum absolute atomic E-state index is 0.0573. The molecular weight excluding hydrogens is 303 g/mol. The van der Waals surface area contributed by atoms with Gasteiger partial charge in [0.15, 0.2) is 0 Å². The molecule has 1 aliphatic heterocycles. The van der Waals surface area contributed by atoms with E-state index in [9.17, 15) is 22.8 Å². The summed E-state index contributed by atoms with van der Waals surface area (Å²) < 4.78 is 49.2. The van der Waals surface area contributed by atoms with Crippen molar-refractivity contribution in [2.45, 2.75) is 25.8 Å². The van der Waals surface area contributed by atoms with Gasteiger partial charge in [0.2, 0.25) is 0 Å². The lowest BCUT2D eigenvalue weighted by Gasteiger charge is -2.37. The van der Waals surface area contributed by atoms with Crippen LogP contribution in [0.5, 0.6) is 5.75 Å². The van der Waals surface area contributed by atoms with Crippen molar-refractivity contribution in [2.24, 2.45) is 0 Å². The number of hydrogen-bond acceptors (Lipinski definition) is 4. The first-order valence-corrected chi connectivity index (χ1v) is 6.13. The largest absolute Gasteiger partial charge is 0.478 e. The van der Waals surface area contributed by atoms with E-state index in [2.05, 4.69) is 11.3 Å². The van der Waals surface area contributed by atoms with E-state index >= 15 is 0 Å². The van der Waals surface area contributed by atoms with Gasteiger partial charge in [0.05, 0.1) is 5.69 Å². The maximum Gasteiger partial charge on any atom is 0.478 e. The van der Waals surface area contributed by atoms with Crippen molar-refractivity contribution in [3.8, 4) is 5.75 Å². The highest BCUT2D eigenvalue weighted by atomic mass is 19.4. The Labute approximate surface area is 123 Å². The second-order valence-corrected chi connectivity index (χ2v) is 4.84. The lowest BCUT2D eigenvalue weighted by atomic mass is 10.1. The Kier molecular flexibility index (Phi) is 3.64. The maximum absolute atomic E-state index is 13.4. The number of nitrogens with one attached hydrogen (secondary N) is 1. The van der Waals surface area contributed by atoms with Crippen molar-refractivity contribution < 1.29 is 32.2 Å². The lowest BCUT2D eigenvalue weighted by molar-refractivity contribution is -0.319. The Hall–Kier alpha value is -2.51. The first kappa shape index (κ1) is 15.9. The van der Waals surface area contributed by atoms with Crippen molar-refractivity contribution >= 4 is 17.6 Å². The van der Waals surface area contributed by atoms with Crippen LogP contribution in [0.3, 0.4) is 0 Å². The second-order valence-electron chi connectivity index (χ2n) is 4.84. The third-order valence-corrected chi connectivity index (χ3v) is 2.90. The minimum Gasteiger partial charge on any atom is -0.435 e. The Morgan fingerprint density at radius 2 is 2.05 bits per heavy atom. The summed E-state index contributed by atoms with van der Waals surface area (Å²) in [5.41, 5.74) is 0.370. The Bertz CT molecular complexity index is 669. The summed E-state index contributed by atoms with van der Waals surface area (Å²) in [5.74, 6) is -7.01. The molecule has 22 heavy (non-hydrogen) atoms. The van der Waals surface area contributed by atoms with E-state index in [0.717, 1.165) is 6.92 Å². The van der Waals surface area contributed by atoms with Gasteiger partial charge in [-0.05, 0) is 31.5 Å². The third kappa shape index (κ3) is 2.51. The number of alkyl halides is 3. The molecule has 8 heteroatoms. The average molecular weight is 315 g/mol. The molecule has 1 aromatic rings. The van der Waals surface area contributed by atoms with Crippen LogP contribution in [0.25, 0.3) is 0 Å². The van der Waals surface area contributed by atoms with E-state index in [4.69, 9.17) is 4.74 Å². The Morgan fingerprint density at radius 1 is 1.41 bits per heavy atom. The molecule has 1 amide bonds. The summed E-state index contributed by atoms with van der Waals surface area (Å²) in [6, 6.07) is 4.27. The van der Waals surface area contributed by atoms with E-state index in [-0.39, 0.29) is 17.0 Å².